The van der Waals surface area contributed by atoms with E-state index in [4.69, 9.17) is 10.5 Å². The number of carbonyl (C=O) groups excluding carboxylic acids is 1. The Morgan fingerprint density at radius 2 is 2.00 bits per heavy atom. The van der Waals surface area contributed by atoms with Crippen LogP contribution >= 0.6 is 0 Å². The highest BCUT2D eigenvalue weighted by atomic mass is 19.1. The maximum Gasteiger partial charge on any atom is 0.337 e. The second kappa shape index (κ2) is 6.06. The molecule has 0 unspecified atom stereocenters. The highest BCUT2D eigenvalue weighted by Crippen LogP contribution is 2.24. The van der Waals surface area contributed by atoms with Gasteiger partial charge >= 0.3 is 5.97 Å². The molecule has 0 aliphatic carbocycles. The third kappa shape index (κ3) is 3.06. The lowest BCUT2D eigenvalue weighted by atomic mass is 10.2. The van der Waals surface area contributed by atoms with Gasteiger partial charge in [0, 0.05) is 5.56 Å². The van der Waals surface area contributed by atoms with Gasteiger partial charge in [0.15, 0.2) is 0 Å². The predicted molar refractivity (Wildman–Crippen MR) is 72.9 cm³/mol. The molecule has 2 aromatic rings. The molecule has 0 atom stereocenters. The number of hydrogen-bond acceptors (Lipinski definition) is 4. The molecule has 20 heavy (non-hydrogen) atoms. The summed E-state index contributed by atoms with van der Waals surface area (Å²) in [6.07, 6.45) is 0. The van der Waals surface area contributed by atoms with Gasteiger partial charge in [0.2, 0.25) is 0 Å². The summed E-state index contributed by atoms with van der Waals surface area (Å²) in [6.45, 7) is 0.0293. The number of methoxy groups -OCH3 is 1. The number of carbonyl (C=O) groups is 1. The highest BCUT2D eigenvalue weighted by Gasteiger charge is 2.10. The molecule has 0 spiro atoms. The van der Waals surface area contributed by atoms with Gasteiger partial charge in [0.05, 0.1) is 18.4 Å². The van der Waals surface area contributed by atoms with E-state index >= 15 is 0 Å². The van der Waals surface area contributed by atoms with E-state index in [9.17, 15) is 9.18 Å². The van der Waals surface area contributed by atoms with E-state index < -0.39 is 5.97 Å². The molecule has 0 aliphatic heterocycles. The van der Waals surface area contributed by atoms with Crippen molar-refractivity contribution in [2.75, 3.05) is 12.8 Å². The molecule has 104 valence electrons. The van der Waals surface area contributed by atoms with Crippen molar-refractivity contribution in [1.29, 1.82) is 0 Å². The molecule has 0 radical (unpaired) electrons. The summed E-state index contributed by atoms with van der Waals surface area (Å²) in [4.78, 5) is 11.4. The van der Waals surface area contributed by atoms with Gasteiger partial charge in [-0.05, 0) is 24.3 Å². The van der Waals surface area contributed by atoms with Gasteiger partial charge in [-0.25, -0.2) is 9.18 Å². The van der Waals surface area contributed by atoms with Crippen LogP contribution < -0.4 is 10.5 Å². The minimum atomic E-state index is -0.485. The first-order chi connectivity index (χ1) is 9.61. The first kappa shape index (κ1) is 13.9. The smallest absolute Gasteiger partial charge is 0.337 e. The molecule has 2 aromatic carbocycles. The predicted octanol–water partition coefficient (Wildman–Crippen LogP) is 2.77. The number of halogens is 1. The van der Waals surface area contributed by atoms with E-state index in [0.29, 0.717) is 22.6 Å². The third-order valence-electron chi connectivity index (χ3n) is 2.78. The molecule has 0 aromatic heterocycles. The van der Waals surface area contributed by atoms with Crippen LogP contribution in [0.5, 0.6) is 5.75 Å². The monoisotopic (exact) mass is 275 g/mol. The Morgan fingerprint density at radius 1 is 1.25 bits per heavy atom. The molecule has 2 rings (SSSR count). The standard InChI is InChI=1S/C15H14FNO3/c1-19-15(18)10-6-7-13(17)14(8-10)20-9-11-4-2-3-5-12(11)16/h2-8H,9,17H2,1H3. The molecule has 0 saturated heterocycles. The van der Waals surface area contributed by atoms with Crippen LogP contribution in [0.2, 0.25) is 0 Å². The molecular weight excluding hydrogens is 261 g/mol. The Labute approximate surface area is 115 Å². The Kier molecular flexibility index (Phi) is 4.20. The first-order valence-electron chi connectivity index (χ1n) is 5.96. The normalized spacial score (nSPS) is 10.1. The van der Waals surface area contributed by atoms with Crippen LogP contribution in [0.1, 0.15) is 15.9 Å². The lowest BCUT2D eigenvalue weighted by Gasteiger charge is -2.10. The van der Waals surface area contributed by atoms with Crippen LogP contribution in [0.3, 0.4) is 0 Å². The highest BCUT2D eigenvalue weighted by molar-refractivity contribution is 5.90. The Morgan fingerprint density at radius 3 is 2.70 bits per heavy atom. The molecule has 0 saturated carbocycles. The SMILES string of the molecule is COC(=O)c1ccc(N)c(OCc2ccccc2F)c1. The molecule has 0 aliphatic rings. The van der Waals surface area contributed by atoms with E-state index in [1.165, 1.54) is 25.3 Å². The van der Waals surface area contributed by atoms with Gasteiger partial charge in [-0.1, -0.05) is 18.2 Å². The van der Waals surface area contributed by atoms with Crippen LogP contribution in [0.4, 0.5) is 10.1 Å². The molecule has 4 nitrogen and oxygen atoms in total. The number of anilines is 1. The van der Waals surface area contributed by atoms with Crippen molar-refractivity contribution in [3.8, 4) is 5.75 Å². The maximum atomic E-state index is 13.5. The van der Waals surface area contributed by atoms with Crippen molar-refractivity contribution in [2.45, 2.75) is 6.61 Å². The Hall–Kier alpha value is -2.56. The van der Waals surface area contributed by atoms with E-state index in [1.54, 1.807) is 24.3 Å². The fourth-order valence-corrected chi connectivity index (χ4v) is 1.68. The van der Waals surface area contributed by atoms with Gasteiger partial charge in [0.25, 0.3) is 0 Å². The van der Waals surface area contributed by atoms with Crippen LogP contribution in [0, 0.1) is 5.82 Å². The van der Waals surface area contributed by atoms with Gasteiger partial charge in [-0.3, -0.25) is 0 Å². The third-order valence-corrected chi connectivity index (χ3v) is 2.78. The van der Waals surface area contributed by atoms with Crippen molar-refractivity contribution >= 4 is 11.7 Å². The molecule has 0 amide bonds. The fourth-order valence-electron chi connectivity index (χ4n) is 1.68. The van der Waals surface area contributed by atoms with Crippen molar-refractivity contribution < 1.29 is 18.7 Å². The largest absolute Gasteiger partial charge is 0.487 e. The average molecular weight is 275 g/mol. The summed E-state index contributed by atoms with van der Waals surface area (Å²) >= 11 is 0. The molecular formula is C15H14FNO3. The second-order valence-electron chi connectivity index (χ2n) is 4.12. The Balaban J connectivity index is 2.17. The van der Waals surface area contributed by atoms with Crippen LogP contribution in [0.15, 0.2) is 42.5 Å². The number of esters is 1. The topological polar surface area (TPSA) is 61.5 Å². The summed E-state index contributed by atoms with van der Waals surface area (Å²) in [5.41, 5.74) is 6.87. The van der Waals surface area contributed by atoms with E-state index in [2.05, 4.69) is 4.74 Å². The zero-order valence-corrected chi connectivity index (χ0v) is 10.9. The number of ether oxygens (including phenoxy) is 2. The van der Waals surface area contributed by atoms with E-state index in [-0.39, 0.29) is 12.4 Å². The van der Waals surface area contributed by atoms with Gasteiger partial charge in [0.1, 0.15) is 18.2 Å². The second-order valence-corrected chi connectivity index (χ2v) is 4.12. The van der Waals surface area contributed by atoms with Crippen LogP contribution in [-0.2, 0) is 11.3 Å². The Bertz CT molecular complexity index is 628. The molecule has 0 heterocycles. The first-order valence-corrected chi connectivity index (χ1v) is 5.96. The number of nitrogen functional groups attached to an aromatic ring is 1. The maximum absolute atomic E-state index is 13.5. The summed E-state index contributed by atoms with van der Waals surface area (Å²) in [6, 6.07) is 10.9. The van der Waals surface area contributed by atoms with E-state index in [1.807, 2.05) is 0 Å². The van der Waals surface area contributed by atoms with Crippen molar-refractivity contribution in [1.82, 2.24) is 0 Å². The quantitative estimate of drug-likeness (QED) is 0.688. The summed E-state index contributed by atoms with van der Waals surface area (Å²) in [7, 11) is 1.29. The number of benzene rings is 2. The average Bonchev–Trinajstić information content (AvgIpc) is 2.47. The van der Waals surface area contributed by atoms with E-state index in [0.717, 1.165) is 0 Å². The van der Waals surface area contributed by atoms with Crippen LogP contribution in [0.25, 0.3) is 0 Å². The van der Waals surface area contributed by atoms with Gasteiger partial charge in [-0.15, -0.1) is 0 Å². The van der Waals surface area contributed by atoms with Gasteiger partial charge < -0.3 is 15.2 Å². The number of hydrogen-bond donors (Lipinski definition) is 1. The molecule has 2 N–H and O–H groups in total. The summed E-state index contributed by atoms with van der Waals surface area (Å²) < 4.78 is 23.6. The molecule has 0 bridgehead atoms. The molecule has 0 fully saturated rings. The number of rotatable bonds is 4. The molecule has 5 heteroatoms. The van der Waals surface area contributed by atoms with Crippen molar-refractivity contribution in [2.24, 2.45) is 0 Å². The zero-order valence-electron chi connectivity index (χ0n) is 10.9. The lowest BCUT2D eigenvalue weighted by Crippen LogP contribution is -2.05. The minimum absolute atomic E-state index is 0.0293. The zero-order chi connectivity index (χ0) is 14.5. The van der Waals surface area contributed by atoms with Gasteiger partial charge in [-0.2, -0.15) is 0 Å². The lowest BCUT2D eigenvalue weighted by molar-refractivity contribution is 0.0600. The van der Waals surface area contributed by atoms with Crippen molar-refractivity contribution in [3.05, 3.63) is 59.4 Å². The number of nitrogens with two attached hydrogens (primary N) is 1. The van der Waals surface area contributed by atoms with Crippen molar-refractivity contribution in [3.63, 3.8) is 0 Å². The summed E-state index contributed by atoms with van der Waals surface area (Å²) in [5.74, 6) is -0.521. The minimum Gasteiger partial charge on any atom is -0.487 e. The summed E-state index contributed by atoms with van der Waals surface area (Å²) in [5, 5.41) is 0. The van der Waals surface area contributed by atoms with Crippen LogP contribution in [-0.4, -0.2) is 13.1 Å². The fraction of sp³-hybridized carbons (Fsp3) is 0.133.